The van der Waals surface area contributed by atoms with Crippen LogP contribution >= 0.6 is 11.8 Å². The highest BCUT2D eigenvalue weighted by Crippen LogP contribution is 2.36. The van der Waals surface area contributed by atoms with E-state index in [0.717, 1.165) is 22.4 Å². The lowest BCUT2D eigenvalue weighted by Crippen LogP contribution is -2.35. The van der Waals surface area contributed by atoms with Crippen LogP contribution in [0.25, 0.3) is 0 Å². The van der Waals surface area contributed by atoms with Crippen molar-refractivity contribution in [2.45, 2.75) is 31.1 Å². The maximum atomic E-state index is 10.3. The van der Waals surface area contributed by atoms with Gasteiger partial charge in [-0.1, -0.05) is 23.9 Å². The molecule has 0 amide bonds. The number of aromatic nitrogens is 3. The fourth-order valence-electron chi connectivity index (χ4n) is 2.61. The zero-order valence-electron chi connectivity index (χ0n) is 14.1. The molecule has 0 unspecified atom stereocenters. The SMILES string of the molecule is C=CCN1Cc2cnc(SC)nc2N1c1cccc(C(C)(C)O)n1. The van der Waals surface area contributed by atoms with Crippen molar-refractivity contribution < 1.29 is 5.11 Å². The van der Waals surface area contributed by atoms with Crippen molar-refractivity contribution in [1.82, 2.24) is 20.0 Å². The van der Waals surface area contributed by atoms with E-state index in [1.165, 1.54) is 11.8 Å². The van der Waals surface area contributed by atoms with E-state index in [1.54, 1.807) is 13.8 Å². The fraction of sp³-hybridized carbons (Fsp3) is 0.353. The third kappa shape index (κ3) is 3.15. The molecule has 3 heterocycles. The van der Waals surface area contributed by atoms with Crippen molar-refractivity contribution in [2.75, 3.05) is 17.8 Å². The molecule has 0 radical (unpaired) electrons. The molecule has 126 valence electrons. The van der Waals surface area contributed by atoms with E-state index in [2.05, 4.69) is 26.5 Å². The Morgan fingerprint density at radius 3 is 2.83 bits per heavy atom. The summed E-state index contributed by atoms with van der Waals surface area (Å²) in [6.45, 7) is 8.66. The lowest BCUT2D eigenvalue weighted by atomic mass is 10.1. The molecule has 2 aromatic heterocycles. The van der Waals surface area contributed by atoms with E-state index in [0.29, 0.717) is 18.8 Å². The van der Waals surface area contributed by atoms with Crippen molar-refractivity contribution in [2.24, 2.45) is 0 Å². The van der Waals surface area contributed by atoms with Crippen LogP contribution in [0.3, 0.4) is 0 Å². The lowest BCUT2D eigenvalue weighted by molar-refractivity contribution is 0.0738. The third-order valence-corrected chi connectivity index (χ3v) is 4.32. The number of hydrazine groups is 1. The molecule has 0 saturated heterocycles. The van der Waals surface area contributed by atoms with Gasteiger partial charge in [-0.25, -0.2) is 25.0 Å². The van der Waals surface area contributed by atoms with Gasteiger partial charge in [-0.2, -0.15) is 0 Å². The number of fused-ring (bicyclic) bond motifs is 1. The summed E-state index contributed by atoms with van der Waals surface area (Å²) in [5, 5.41) is 15.1. The maximum absolute atomic E-state index is 10.3. The van der Waals surface area contributed by atoms with Crippen LogP contribution in [-0.4, -0.2) is 37.9 Å². The molecule has 0 aliphatic carbocycles. The van der Waals surface area contributed by atoms with Gasteiger partial charge in [0.2, 0.25) is 0 Å². The summed E-state index contributed by atoms with van der Waals surface area (Å²) in [4.78, 5) is 13.7. The highest BCUT2D eigenvalue weighted by Gasteiger charge is 2.31. The third-order valence-electron chi connectivity index (χ3n) is 3.76. The van der Waals surface area contributed by atoms with Crippen LogP contribution in [0, 0.1) is 0 Å². The van der Waals surface area contributed by atoms with Gasteiger partial charge in [0.05, 0.1) is 5.69 Å². The zero-order chi connectivity index (χ0) is 17.3. The predicted octanol–water partition coefficient (Wildman–Crippen LogP) is 2.88. The Labute approximate surface area is 146 Å². The Balaban J connectivity index is 2.09. The van der Waals surface area contributed by atoms with Gasteiger partial charge >= 0.3 is 0 Å². The van der Waals surface area contributed by atoms with Crippen molar-refractivity contribution in [3.8, 4) is 0 Å². The van der Waals surface area contributed by atoms with Crippen LogP contribution < -0.4 is 5.01 Å². The number of aliphatic hydroxyl groups is 1. The first-order valence-electron chi connectivity index (χ1n) is 7.69. The van der Waals surface area contributed by atoms with Gasteiger partial charge < -0.3 is 5.11 Å². The molecule has 0 bridgehead atoms. The molecule has 0 saturated carbocycles. The van der Waals surface area contributed by atoms with Gasteiger partial charge in [0.15, 0.2) is 11.0 Å². The summed E-state index contributed by atoms with van der Waals surface area (Å²) in [5.74, 6) is 1.55. The van der Waals surface area contributed by atoms with E-state index in [1.807, 2.05) is 41.7 Å². The molecule has 24 heavy (non-hydrogen) atoms. The number of pyridine rings is 1. The van der Waals surface area contributed by atoms with Gasteiger partial charge in [-0.3, -0.25) is 0 Å². The fourth-order valence-corrected chi connectivity index (χ4v) is 2.94. The lowest BCUT2D eigenvalue weighted by Gasteiger charge is -2.28. The number of nitrogens with zero attached hydrogens (tertiary/aromatic N) is 5. The molecule has 0 aromatic carbocycles. The summed E-state index contributed by atoms with van der Waals surface area (Å²) in [7, 11) is 0. The van der Waals surface area contributed by atoms with Crippen molar-refractivity contribution in [1.29, 1.82) is 0 Å². The van der Waals surface area contributed by atoms with Crippen LogP contribution in [-0.2, 0) is 12.1 Å². The average molecular weight is 343 g/mol. The second kappa shape index (κ2) is 6.51. The van der Waals surface area contributed by atoms with Crippen LogP contribution in [0.4, 0.5) is 11.6 Å². The minimum atomic E-state index is -1.00. The molecule has 1 aliphatic rings. The summed E-state index contributed by atoms with van der Waals surface area (Å²) < 4.78 is 0. The maximum Gasteiger partial charge on any atom is 0.189 e. The average Bonchev–Trinajstić information content (AvgIpc) is 2.91. The topological polar surface area (TPSA) is 65.4 Å². The Morgan fingerprint density at radius 2 is 2.17 bits per heavy atom. The summed E-state index contributed by atoms with van der Waals surface area (Å²) in [6, 6.07) is 5.64. The highest BCUT2D eigenvalue weighted by molar-refractivity contribution is 7.98. The summed E-state index contributed by atoms with van der Waals surface area (Å²) in [6.07, 6.45) is 5.67. The summed E-state index contributed by atoms with van der Waals surface area (Å²) in [5.41, 5.74) is 0.661. The van der Waals surface area contributed by atoms with Crippen LogP contribution in [0.2, 0.25) is 0 Å². The Bertz CT molecular complexity index is 759. The number of thioether (sulfide) groups is 1. The molecular formula is C17H21N5OS. The van der Waals surface area contributed by atoms with E-state index in [9.17, 15) is 5.11 Å². The molecule has 1 aliphatic heterocycles. The van der Waals surface area contributed by atoms with Gasteiger partial charge in [-0.05, 0) is 32.2 Å². The molecule has 2 aromatic rings. The molecule has 7 heteroatoms. The molecule has 0 atom stereocenters. The van der Waals surface area contributed by atoms with Gasteiger partial charge in [-0.15, -0.1) is 6.58 Å². The van der Waals surface area contributed by atoms with Gasteiger partial charge in [0.25, 0.3) is 0 Å². The van der Waals surface area contributed by atoms with Gasteiger partial charge in [0.1, 0.15) is 11.4 Å². The Kier molecular flexibility index (Phi) is 4.58. The first-order valence-corrected chi connectivity index (χ1v) is 8.92. The molecule has 3 rings (SSSR count). The van der Waals surface area contributed by atoms with Crippen molar-refractivity contribution in [3.63, 3.8) is 0 Å². The van der Waals surface area contributed by atoms with Crippen LogP contribution in [0.5, 0.6) is 0 Å². The monoisotopic (exact) mass is 343 g/mol. The van der Waals surface area contributed by atoms with E-state index in [-0.39, 0.29) is 0 Å². The smallest absolute Gasteiger partial charge is 0.189 e. The van der Waals surface area contributed by atoms with E-state index < -0.39 is 5.60 Å². The Hall–Kier alpha value is -1.96. The molecule has 6 nitrogen and oxygen atoms in total. The molecule has 1 N–H and O–H groups in total. The van der Waals surface area contributed by atoms with Crippen molar-refractivity contribution >= 4 is 23.4 Å². The minimum absolute atomic E-state index is 0.617. The number of anilines is 2. The normalized spacial score (nSPS) is 14.8. The van der Waals surface area contributed by atoms with Crippen LogP contribution in [0.1, 0.15) is 25.1 Å². The van der Waals surface area contributed by atoms with E-state index in [4.69, 9.17) is 0 Å². The number of rotatable bonds is 5. The molecular weight excluding hydrogens is 322 g/mol. The Morgan fingerprint density at radius 1 is 1.38 bits per heavy atom. The quantitative estimate of drug-likeness (QED) is 0.509. The second-order valence-corrected chi connectivity index (χ2v) is 6.87. The number of hydrogen-bond donors (Lipinski definition) is 1. The minimum Gasteiger partial charge on any atom is -0.384 e. The first-order chi connectivity index (χ1) is 11.4. The zero-order valence-corrected chi connectivity index (χ0v) is 14.9. The predicted molar refractivity (Wildman–Crippen MR) is 96.0 cm³/mol. The van der Waals surface area contributed by atoms with Gasteiger partial charge in [0, 0.05) is 24.8 Å². The highest BCUT2D eigenvalue weighted by atomic mass is 32.2. The largest absolute Gasteiger partial charge is 0.384 e. The summed E-state index contributed by atoms with van der Waals surface area (Å²) >= 11 is 1.51. The second-order valence-electron chi connectivity index (χ2n) is 6.09. The van der Waals surface area contributed by atoms with Crippen molar-refractivity contribution in [3.05, 3.63) is 48.3 Å². The molecule has 0 spiro atoms. The van der Waals surface area contributed by atoms with Crippen LogP contribution in [0.15, 0.2) is 42.2 Å². The molecule has 0 fully saturated rings. The first kappa shape index (κ1) is 16.9. The number of hydrogen-bond acceptors (Lipinski definition) is 7. The standard InChI is InChI=1S/C17H21N5OS/c1-5-9-21-11-12-10-18-16(24-4)20-15(12)22(21)14-8-6-7-13(19-14)17(2,3)23/h5-8,10,23H,1,9,11H2,2-4H3. The van der Waals surface area contributed by atoms with E-state index >= 15 is 0 Å².